The molecule has 1 unspecified atom stereocenters. The van der Waals surface area contributed by atoms with Gasteiger partial charge in [0.1, 0.15) is 9.86 Å². The van der Waals surface area contributed by atoms with Crippen LogP contribution in [-0.2, 0) is 5.54 Å². The first-order chi connectivity index (χ1) is 9.52. The molecule has 0 radical (unpaired) electrons. The molecule has 2 heterocycles. The molecule has 20 heavy (non-hydrogen) atoms. The Labute approximate surface area is 144 Å². The quantitative estimate of drug-likeness (QED) is 0.752. The van der Waals surface area contributed by atoms with Crippen molar-refractivity contribution >= 4 is 72.0 Å². The number of nitrogens with zero attached hydrogens (tertiary/aromatic N) is 1. The smallest absolute Gasteiger partial charge is 0.149 e. The van der Waals surface area contributed by atoms with Gasteiger partial charge in [-0.3, -0.25) is 0 Å². The summed E-state index contributed by atoms with van der Waals surface area (Å²) in [6.45, 7) is 1.99. The molecule has 1 aliphatic heterocycles. The van der Waals surface area contributed by atoms with Gasteiger partial charge in [-0.05, 0) is 24.6 Å². The number of thiocarbonyl (C=S) groups is 2. The predicted molar refractivity (Wildman–Crippen MR) is 97.7 cm³/mol. The maximum absolute atomic E-state index is 5.61. The van der Waals surface area contributed by atoms with Gasteiger partial charge in [0.05, 0.1) is 14.9 Å². The van der Waals surface area contributed by atoms with Gasteiger partial charge in [-0.25, -0.2) is 4.98 Å². The molecule has 1 fully saturated rings. The molecular formula is C13H9BrN2S4. The number of aromatic nitrogens is 1. The Hall–Kier alpha value is -0.340. The molecule has 0 amide bonds. The van der Waals surface area contributed by atoms with Crippen molar-refractivity contribution in [2.75, 3.05) is 0 Å². The highest BCUT2D eigenvalue weighted by Crippen LogP contribution is 2.41. The van der Waals surface area contributed by atoms with Crippen LogP contribution in [0.15, 0.2) is 34.1 Å². The second kappa shape index (κ2) is 5.46. The summed E-state index contributed by atoms with van der Waals surface area (Å²) in [4.78, 5) is 4.64. The Bertz CT molecular complexity index is 712. The predicted octanol–water partition coefficient (Wildman–Crippen LogP) is 4.41. The van der Waals surface area contributed by atoms with Gasteiger partial charge in [0.15, 0.2) is 0 Å². The molecule has 0 bridgehead atoms. The van der Waals surface area contributed by atoms with Crippen molar-refractivity contribution in [1.29, 1.82) is 0 Å². The highest BCUT2D eigenvalue weighted by atomic mass is 79.9. The van der Waals surface area contributed by atoms with Crippen molar-refractivity contribution in [1.82, 2.24) is 10.3 Å². The van der Waals surface area contributed by atoms with Crippen molar-refractivity contribution in [3.63, 3.8) is 0 Å². The zero-order valence-electron chi connectivity index (χ0n) is 10.3. The first-order valence-electron chi connectivity index (χ1n) is 5.75. The second-order valence-corrected chi connectivity index (χ2v) is 8.65. The first-order valence-corrected chi connectivity index (χ1v) is 9.06. The molecule has 102 valence electrons. The van der Waals surface area contributed by atoms with Crippen molar-refractivity contribution in [3.8, 4) is 0 Å². The Morgan fingerprint density at radius 3 is 2.70 bits per heavy atom. The number of hydrogen-bond donors (Lipinski definition) is 1. The molecule has 2 nitrogen and oxygen atoms in total. The van der Waals surface area contributed by atoms with Crippen LogP contribution < -0.4 is 5.32 Å². The van der Waals surface area contributed by atoms with Crippen molar-refractivity contribution in [3.05, 3.63) is 50.4 Å². The van der Waals surface area contributed by atoms with Gasteiger partial charge in [-0.15, -0.1) is 11.3 Å². The number of thioether (sulfide) groups is 1. The first kappa shape index (κ1) is 14.6. The molecule has 1 aromatic heterocycles. The van der Waals surface area contributed by atoms with E-state index in [4.69, 9.17) is 24.4 Å². The van der Waals surface area contributed by atoms with Gasteiger partial charge in [0.25, 0.3) is 0 Å². The molecule has 0 saturated carbocycles. The van der Waals surface area contributed by atoms with Gasteiger partial charge >= 0.3 is 0 Å². The SMILES string of the molecule is Cc1nc(C2(c3cccc(Br)c3)NC(=S)SC2=S)cs1. The van der Waals surface area contributed by atoms with Crippen LogP contribution >= 0.6 is 63.5 Å². The summed E-state index contributed by atoms with van der Waals surface area (Å²) in [7, 11) is 0. The molecule has 1 aromatic carbocycles. The van der Waals surface area contributed by atoms with Crippen LogP contribution in [0.25, 0.3) is 0 Å². The summed E-state index contributed by atoms with van der Waals surface area (Å²) in [6.07, 6.45) is 0. The van der Waals surface area contributed by atoms with Crippen LogP contribution in [0.2, 0.25) is 0 Å². The Balaban J connectivity index is 2.24. The standard InChI is InChI=1S/C13H9BrN2S4/c1-7-15-10(6-19-7)13(11(17)20-12(18)16-13)8-3-2-4-9(14)5-8/h2-6H,1H3,(H,16,18). The normalized spacial score (nSPS) is 22.1. The largest absolute Gasteiger partial charge is 0.351 e. The lowest BCUT2D eigenvalue weighted by Gasteiger charge is -2.28. The topological polar surface area (TPSA) is 24.9 Å². The summed E-state index contributed by atoms with van der Waals surface area (Å²) in [5.74, 6) is 0. The lowest BCUT2D eigenvalue weighted by molar-refractivity contribution is 0.652. The van der Waals surface area contributed by atoms with E-state index in [-0.39, 0.29) is 0 Å². The lowest BCUT2D eigenvalue weighted by atomic mass is 9.89. The van der Waals surface area contributed by atoms with Gasteiger partial charge < -0.3 is 5.32 Å². The van der Waals surface area contributed by atoms with E-state index in [9.17, 15) is 0 Å². The molecule has 7 heteroatoms. The third-order valence-electron chi connectivity index (χ3n) is 3.04. The van der Waals surface area contributed by atoms with Crippen LogP contribution in [-0.4, -0.2) is 13.5 Å². The summed E-state index contributed by atoms with van der Waals surface area (Å²) >= 11 is 17.5. The molecule has 1 N–H and O–H groups in total. The van der Waals surface area contributed by atoms with E-state index in [1.807, 2.05) is 30.5 Å². The zero-order valence-corrected chi connectivity index (χ0v) is 15.2. The minimum absolute atomic E-state index is 0.606. The monoisotopic (exact) mass is 400 g/mol. The van der Waals surface area contributed by atoms with Crippen molar-refractivity contribution in [2.45, 2.75) is 12.5 Å². The Morgan fingerprint density at radius 2 is 2.15 bits per heavy atom. The van der Waals surface area contributed by atoms with Gasteiger partial charge in [-0.1, -0.05) is 64.3 Å². The van der Waals surface area contributed by atoms with Crippen LogP contribution in [0.5, 0.6) is 0 Å². The molecular weight excluding hydrogens is 392 g/mol. The van der Waals surface area contributed by atoms with Gasteiger partial charge in [0.2, 0.25) is 0 Å². The maximum atomic E-state index is 5.61. The average molecular weight is 401 g/mol. The Morgan fingerprint density at radius 1 is 1.35 bits per heavy atom. The zero-order chi connectivity index (χ0) is 14.3. The fourth-order valence-corrected chi connectivity index (χ4v) is 5.10. The highest BCUT2D eigenvalue weighted by Gasteiger charge is 2.47. The van der Waals surface area contributed by atoms with Gasteiger partial charge in [-0.2, -0.15) is 0 Å². The average Bonchev–Trinajstić information content (AvgIpc) is 2.94. The molecule has 3 rings (SSSR count). The third kappa shape index (κ3) is 2.35. The number of rotatable bonds is 2. The summed E-state index contributed by atoms with van der Waals surface area (Å²) in [5.41, 5.74) is 1.36. The van der Waals surface area contributed by atoms with E-state index in [1.54, 1.807) is 11.3 Å². The molecule has 1 saturated heterocycles. The Kier molecular flexibility index (Phi) is 3.98. The molecule has 0 spiro atoms. The minimum atomic E-state index is -0.606. The molecule has 0 aliphatic carbocycles. The maximum Gasteiger partial charge on any atom is 0.149 e. The van der Waals surface area contributed by atoms with E-state index < -0.39 is 5.54 Å². The molecule has 1 atom stereocenters. The lowest BCUT2D eigenvalue weighted by Crippen LogP contribution is -2.44. The van der Waals surface area contributed by atoms with Crippen molar-refractivity contribution in [2.24, 2.45) is 0 Å². The number of halogens is 1. The highest BCUT2D eigenvalue weighted by molar-refractivity contribution is 9.10. The summed E-state index contributed by atoms with van der Waals surface area (Å²) in [5, 5.41) is 6.43. The van der Waals surface area contributed by atoms with E-state index in [2.05, 4.69) is 32.3 Å². The van der Waals surface area contributed by atoms with Crippen molar-refractivity contribution < 1.29 is 0 Å². The van der Waals surface area contributed by atoms with E-state index in [1.165, 1.54) is 11.8 Å². The minimum Gasteiger partial charge on any atom is -0.351 e. The fourth-order valence-electron chi connectivity index (χ4n) is 2.15. The molecule has 2 aromatic rings. The number of benzene rings is 1. The van der Waals surface area contributed by atoms with Crippen LogP contribution in [0, 0.1) is 6.92 Å². The van der Waals surface area contributed by atoms with Crippen LogP contribution in [0.4, 0.5) is 0 Å². The third-order valence-corrected chi connectivity index (χ3v) is 6.00. The van der Waals surface area contributed by atoms with Crippen LogP contribution in [0.3, 0.4) is 0 Å². The van der Waals surface area contributed by atoms with E-state index >= 15 is 0 Å². The fraction of sp³-hybridized carbons (Fsp3) is 0.154. The van der Waals surface area contributed by atoms with E-state index in [0.717, 1.165) is 24.9 Å². The van der Waals surface area contributed by atoms with Gasteiger partial charge in [0, 0.05) is 9.85 Å². The number of thiazole rings is 1. The number of aryl methyl sites for hydroxylation is 1. The second-order valence-electron chi connectivity index (χ2n) is 4.31. The molecule has 1 aliphatic rings. The number of hydrogen-bond acceptors (Lipinski definition) is 5. The summed E-state index contributed by atoms with van der Waals surface area (Å²) < 4.78 is 2.50. The van der Waals surface area contributed by atoms with Crippen LogP contribution in [0.1, 0.15) is 16.3 Å². The van der Waals surface area contributed by atoms with E-state index in [0.29, 0.717) is 4.32 Å². The summed E-state index contributed by atoms with van der Waals surface area (Å²) in [6, 6.07) is 8.10. The number of nitrogens with one attached hydrogen (secondary N) is 1.